The van der Waals surface area contributed by atoms with Crippen LogP contribution in [-0.4, -0.2) is 11.8 Å². The maximum Gasteiger partial charge on any atom is 0.256 e. The summed E-state index contributed by atoms with van der Waals surface area (Å²) in [5.74, 6) is -2.11. The molecule has 0 fully saturated rings. The Morgan fingerprint density at radius 3 is 2.64 bits per heavy atom. The molecule has 5 heteroatoms. The zero-order valence-electron chi connectivity index (χ0n) is 7.31. The number of hydrogen-bond donors (Lipinski definition) is 0. The summed E-state index contributed by atoms with van der Waals surface area (Å²) in [5, 5.41) is -0.952. The molecule has 1 rings (SSSR count). The fourth-order valence-corrected chi connectivity index (χ4v) is 1.14. The fourth-order valence-electron chi connectivity index (χ4n) is 0.997. The minimum absolute atomic E-state index is 0.166. The average Bonchev–Trinajstić information content (AvgIpc) is 2.09. The first-order valence-electron chi connectivity index (χ1n) is 3.88. The van der Waals surface area contributed by atoms with Gasteiger partial charge >= 0.3 is 0 Å². The lowest BCUT2D eigenvalue weighted by atomic mass is 10.2. The second-order valence-electron chi connectivity index (χ2n) is 2.47. The van der Waals surface area contributed by atoms with Crippen molar-refractivity contribution >= 4 is 16.8 Å². The van der Waals surface area contributed by atoms with Crippen molar-refractivity contribution in [3.8, 4) is 5.75 Å². The van der Waals surface area contributed by atoms with Crippen molar-refractivity contribution < 1.29 is 18.3 Å². The van der Waals surface area contributed by atoms with E-state index in [-0.39, 0.29) is 17.9 Å². The minimum Gasteiger partial charge on any atom is -0.490 e. The van der Waals surface area contributed by atoms with E-state index < -0.39 is 16.9 Å². The van der Waals surface area contributed by atoms with Gasteiger partial charge in [0.1, 0.15) is 5.82 Å². The van der Waals surface area contributed by atoms with E-state index in [4.69, 9.17) is 16.3 Å². The highest BCUT2D eigenvalue weighted by atomic mass is 35.5. The van der Waals surface area contributed by atoms with E-state index in [2.05, 4.69) is 0 Å². The summed E-state index contributed by atoms with van der Waals surface area (Å²) in [6.45, 7) is 1.78. The third-order valence-corrected chi connectivity index (χ3v) is 1.71. The predicted molar refractivity (Wildman–Crippen MR) is 47.7 cm³/mol. The zero-order valence-corrected chi connectivity index (χ0v) is 8.07. The molecule has 0 unspecified atom stereocenters. The van der Waals surface area contributed by atoms with Crippen LogP contribution in [0.3, 0.4) is 0 Å². The van der Waals surface area contributed by atoms with Crippen molar-refractivity contribution in [3.63, 3.8) is 0 Å². The van der Waals surface area contributed by atoms with E-state index in [9.17, 15) is 13.6 Å². The summed E-state index contributed by atoms with van der Waals surface area (Å²) in [6, 6.07) is 1.47. The van der Waals surface area contributed by atoms with Crippen LogP contribution in [0.2, 0.25) is 0 Å². The third kappa shape index (κ3) is 2.20. The monoisotopic (exact) mass is 220 g/mol. The Hall–Kier alpha value is -1.16. The third-order valence-electron chi connectivity index (χ3n) is 1.51. The molecule has 0 N–H and O–H groups in total. The molecule has 0 amide bonds. The Morgan fingerprint density at radius 1 is 1.50 bits per heavy atom. The molecule has 0 radical (unpaired) electrons. The molecule has 0 aliphatic heterocycles. The van der Waals surface area contributed by atoms with Crippen molar-refractivity contribution in [2.45, 2.75) is 6.92 Å². The number of rotatable bonds is 3. The van der Waals surface area contributed by atoms with Crippen molar-refractivity contribution in [2.24, 2.45) is 0 Å². The van der Waals surface area contributed by atoms with Crippen LogP contribution in [-0.2, 0) is 0 Å². The summed E-state index contributed by atoms with van der Waals surface area (Å²) in [5.41, 5.74) is -0.300. The lowest BCUT2D eigenvalue weighted by molar-refractivity contribution is 0.107. The van der Waals surface area contributed by atoms with E-state index >= 15 is 0 Å². The van der Waals surface area contributed by atoms with Crippen LogP contribution in [0.5, 0.6) is 5.75 Å². The quantitative estimate of drug-likeness (QED) is 0.733. The summed E-state index contributed by atoms with van der Waals surface area (Å²) < 4.78 is 30.6. The molecule has 0 saturated heterocycles. The Morgan fingerprint density at radius 2 is 2.14 bits per heavy atom. The first-order chi connectivity index (χ1) is 6.56. The van der Waals surface area contributed by atoms with Crippen molar-refractivity contribution in [2.75, 3.05) is 6.61 Å². The highest BCUT2D eigenvalue weighted by molar-refractivity contribution is 6.68. The van der Waals surface area contributed by atoms with Crippen LogP contribution in [0.1, 0.15) is 17.3 Å². The second-order valence-corrected chi connectivity index (χ2v) is 2.81. The van der Waals surface area contributed by atoms with Gasteiger partial charge in [0.2, 0.25) is 0 Å². The van der Waals surface area contributed by atoms with E-state index in [0.717, 1.165) is 6.07 Å². The molecule has 0 aliphatic carbocycles. The van der Waals surface area contributed by atoms with E-state index in [1.807, 2.05) is 0 Å². The van der Waals surface area contributed by atoms with Crippen molar-refractivity contribution in [1.82, 2.24) is 0 Å². The zero-order chi connectivity index (χ0) is 10.7. The van der Waals surface area contributed by atoms with Gasteiger partial charge in [-0.3, -0.25) is 4.79 Å². The summed E-state index contributed by atoms with van der Waals surface area (Å²) in [6.07, 6.45) is 0. The van der Waals surface area contributed by atoms with Gasteiger partial charge < -0.3 is 4.74 Å². The van der Waals surface area contributed by atoms with Crippen LogP contribution in [0.25, 0.3) is 0 Å². The van der Waals surface area contributed by atoms with Crippen LogP contribution in [0.4, 0.5) is 8.78 Å². The summed E-state index contributed by atoms with van der Waals surface area (Å²) >= 11 is 5.14. The first-order valence-corrected chi connectivity index (χ1v) is 4.25. The lowest BCUT2D eigenvalue weighted by Crippen LogP contribution is -2.02. The first kappa shape index (κ1) is 10.9. The minimum atomic E-state index is -0.952. The van der Waals surface area contributed by atoms with Gasteiger partial charge in [-0.25, -0.2) is 8.78 Å². The number of benzene rings is 1. The Kier molecular flexibility index (Phi) is 3.41. The van der Waals surface area contributed by atoms with Crippen molar-refractivity contribution in [1.29, 1.82) is 0 Å². The normalized spacial score (nSPS) is 10.0. The molecule has 0 heterocycles. The van der Waals surface area contributed by atoms with Gasteiger partial charge in [-0.2, -0.15) is 0 Å². The maximum atomic E-state index is 13.1. The number of carbonyl (C=O) groups excluding carboxylic acids is 1. The average molecular weight is 221 g/mol. The molecule has 0 spiro atoms. The molecule has 14 heavy (non-hydrogen) atoms. The summed E-state index contributed by atoms with van der Waals surface area (Å²) in [4.78, 5) is 10.8. The van der Waals surface area contributed by atoms with Crippen molar-refractivity contribution in [3.05, 3.63) is 29.3 Å². The van der Waals surface area contributed by atoms with Crippen LogP contribution < -0.4 is 4.74 Å². The van der Waals surface area contributed by atoms with Crippen LogP contribution >= 0.6 is 11.6 Å². The molecule has 76 valence electrons. The van der Waals surface area contributed by atoms with Gasteiger partial charge in [0, 0.05) is 6.07 Å². The molecule has 0 bridgehead atoms. The second kappa shape index (κ2) is 4.37. The standard InChI is InChI=1S/C9H7ClF2O2/c1-2-14-8-6(9(10)13)3-5(11)4-7(8)12/h3-4H,2H2,1H3. The number of ether oxygens (including phenoxy) is 1. The van der Waals surface area contributed by atoms with Gasteiger partial charge in [0.15, 0.2) is 11.6 Å². The molecule has 1 aromatic carbocycles. The van der Waals surface area contributed by atoms with Gasteiger partial charge in [-0.15, -0.1) is 0 Å². The number of hydrogen-bond acceptors (Lipinski definition) is 2. The largest absolute Gasteiger partial charge is 0.490 e. The molecular formula is C9H7ClF2O2. The predicted octanol–water partition coefficient (Wildman–Crippen LogP) is 2.74. The van der Waals surface area contributed by atoms with Gasteiger partial charge in [-0.05, 0) is 24.6 Å². The number of halogens is 3. The SMILES string of the molecule is CCOc1c(F)cc(F)cc1C(=O)Cl. The topological polar surface area (TPSA) is 26.3 Å². The Labute approximate surface area is 84.4 Å². The summed E-state index contributed by atoms with van der Waals surface area (Å²) in [7, 11) is 0. The van der Waals surface area contributed by atoms with Crippen LogP contribution in [0, 0.1) is 11.6 Å². The fraction of sp³-hybridized carbons (Fsp3) is 0.222. The van der Waals surface area contributed by atoms with Crippen LogP contribution in [0.15, 0.2) is 12.1 Å². The van der Waals surface area contributed by atoms with Gasteiger partial charge in [0.25, 0.3) is 5.24 Å². The van der Waals surface area contributed by atoms with E-state index in [1.165, 1.54) is 0 Å². The molecule has 2 nitrogen and oxygen atoms in total. The molecular weight excluding hydrogens is 214 g/mol. The lowest BCUT2D eigenvalue weighted by Gasteiger charge is -2.07. The smallest absolute Gasteiger partial charge is 0.256 e. The van der Waals surface area contributed by atoms with E-state index in [0.29, 0.717) is 6.07 Å². The molecule has 0 saturated carbocycles. The molecule has 1 aromatic rings. The maximum absolute atomic E-state index is 13.1. The van der Waals surface area contributed by atoms with Gasteiger partial charge in [0.05, 0.1) is 12.2 Å². The Balaban J connectivity index is 3.28. The highest BCUT2D eigenvalue weighted by Crippen LogP contribution is 2.25. The van der Waals surface area contributed by atoms with E-state index in [1.54, 1.807) is 6.92 Å². The highest BCUT2D eigenvalue weighted by Gasteiger charge is 2.16. The molecule has 0 atom stereocenters. The number of carbonyl (C=O) groups is 1. The Bertz CT molecular complexity index is 366. The van der Waals surface area contributed by atoms with Gasteiger partial charge in [-0.1, -0.05) is 0 Å². The molecule has 0 aliphatic rings. The molecule has 0 aromatic heterocycles.